The van der Waals surface area contributed by atoms with E-state index in [0.717, 1.165) is 25.0 Å². The van der Waals surface area contributed by atoms with Crippen molar-refractivity contribution in [3.63, 3.8) is 0 Å². The number of rotatable bonds is 7. The summed E-state index contributed by atoms with van der Waals surface area (Å²) in [6.45, 7) is 4.49. The summed E-state index contributed by atoms with van der Waals surface area (Å²) in [4.78, 5) is 0. The molecule has 3 nitrogen and oxygen atoms in total. The Morgan fingerprint density at radius 2 is 1.58 bits per heavy atom. The molecule has 0 bridgehead atoms. The lowest BCUT2D eigenvalue weighted by Crippen LogP contribution is -2.44. The fraction of sp³-hybridized carbons (Fsp3) is 0.636. The predicted octanol–water partition coefficient (Wildman–Crippen LogP) is 6.45. The van der Waals surface area contributed by atoms with Crippen LogP contribution in [0.1, 0.15) is 49.7 Å². The monoisotopic (exact) mass is 452 g/mol. The summed E-state index contributed by atoms with van der Waals surface area (Å²) >= 11 is 0. The molecule has 9 heteroatoms. The zero-order chi connectivity index (χ0) is 22.8. The van der Waals surface area contributed by atoms with E-state index in [9.17, 15) is 26.3 Å². The lowest BCUT2D eigenvalue weighted by atomic mass is 9.87. The standard InChI is InChI=1S/C22H26F6O3/c1-3-14-4-7-16(8-5-14)30-21(25,26)15-6-9-19(29-12-15)31-22(27,28)20-17(23)10-13(2)11-18(20)24/h3,10-11,14-16,19H,1,4-9,12H2,2H3. The molecule has 3 rings (SSSR count). The Hall–Kier alpha value is -1.58. The summed E-state index contributed by atoms with van der Waals surface area (Å²) in [5.41, 5.74) is -1.40. The molecule has 0 amide bonds. The number of hydrogen-bond donors (Lipinski definition) is 0. The van der Waals surface area contributed by atoms with Crippen LogP contribution < -0.4 is 0 Å². The Morgan fingerprint density at radius 1 is 0.968 bits per heavy atom. The first-order valence-corrected chi connectivity index (χ1v) is 10.3. The van der Waals surface area contributed by atoms with Crippen LogP contribution in [-0.2, 0) is 20.3 Å². The van der Waals surface area contributed by atoms with Gasteiger partial charge in [-0.2, -0.15) is 17.6 Å². The Morgan fingerprint density at radius 3 is 2.10 bits per heavy atom. The Bertz CT molecular complexity index is 746. The number of benzene rings is 1. The molecule has 1 saturated carbocycles. The van der Waals surface area contributed by atoms with Gasteiger partial charge in [0.15, 0.2) is 6.29 Å². The molecule has 31 heavy (non-hydrogen) atoms. The second kappa shape index (κ2) is 9.50. The normalized spacial score (nSPS) is 27.8. The van der Waals surface area contributed by atoms with Crippen molar-refractivity contribution in [2.75, 3.05) is 6.61 Å². The van der Waals surface area contributed by atoms with Gasteiger partial charge < -0.3 is 9.47 Å². The van der Waals surface area contributed by atoms with E-state index in [-0.39, 0.29) is 18.4 Å². The maximum atomic E-state index is 14.5. The van der Waals surface area contributed by atoms with Crippen LogP contribution in [0.5, 0.6) is 0 Å². The van der Waals surface area contributed by atoms with E-state index in [1.807, 2.05) is 6.08 Å². The van der Waals surface area contributed by atoms with Crippen LogP contribution in [0.4, 0.5) is 26.3 Å². The quantitative estimate of drug-likeness (QED) is 0.352. The van der Waals surface area contributed by atoms with Crippen molar-refractivity contribution >= 4 is 0 Å². The van der Waals surface area contributed by atoms with Crippen molar-refractivity contribution in [3.8, 4) is 0 Å². The minimum atomic E-state index is -4.32. The van der Waals surface area contributed by atoms with Gasteiger partial charge in [-0.25, -0.2) is 8.78 Å². The first kappa shape index (κ1) is 24.1. The van der Waals surface area contributed by atoms with Crippen LogP contribution in [0.3, 0.4) is 0 Å². The summed E-state index contributed by atoms with van der Waals surface area (Å²) in [6.07, 6.45) is -6.21. The van der Waals surface area contributed by atoms with E-state index < -0.39 is 54.3 Å². The highest BCUT2D eigenvalue weighted by Gasteiger charge is 2.48. The molecule has 1 saturated heterocycles. The van der Waals surface area contributed by atoms with Crippen molar-refractivity contribution in [3.05, 3.63) is 47.5 Å². The summed E-state index contributed by atoms with van der Waals surface area (Å²) in [6, 6.07) is 1.52. The lowest BCUT2D eigenvalue weighted by molar-refractivity contribution is -0.358. The van der Waals surface area contributed by atoms with Crippen molar-refractivity contribution in [1.82, 2.24) is 0 Å². The van der Waals surface area contributed by atoms with E-state index in [1.54, 1.807) is 0 Å². The van der Waals surface area contributed by atoms with Crippen LogP contribution in [-0.4, -0.2) is 25.1 Å². The molecule has 0 aromatic heterocycles. The second-order valence-corrected chi connectivity index (χ2v) is 8.23. The minimum absolute atomic E-state index is 0.131. The lowest BCUT2D eigenvalue weighted by Gasteiger charge is -2.37. The number of ether oxygens (including phenoxy) is 3. The fourth-order valence-corrected chi connectivity index (χ4v) is 4.05. The molecule has 0 N–H and O–H groups in total. The smallest absolute Gasteiger partial charge is 0.352 e. The molecule has 0 radical (unpaired) electrons. The number of alkyl halides is 4. The first-order chi connectivity index (χ1) is 14.5. The van der Waals surface area contributed by atoms with Gasteiger partial charge in [-0.1, -0.05) is 6.08 Å². The number of hydrogen-bond acceptors (Lipinski definition) is 3. The molecule has 2 aliphatic rings. The SMILES string of the molecule is C=CC1CCC(OC(F)(F)C2CCC(OC(F)(F)c3c(F)cc(C)cc3F)OC2)CC1. The third kappa shape index (κ3) is 5.81. The molecule has 1 aliphatic carbocycles. The average molecular weight is 452 g/mol. The molecule has 174 valence electrons. The predicted molar refractivity (Wildman–Crippen MR) is 101 cm³/mol. The van der Waals surface area contributed by atoms with E-state index in [4.69, 9.17) is 9.47 Å². The maximum Gasteiger partial charge on any atom is 0.391 e. The molecule has 2 unspecified atom stereocenters. The largest absolute Gasteiger partial charge is 0.391 e. The molecule has 2 atom stereocenters. The minimum Gasteiger partial charge on any atom is -0.352 e. The fourth-order valence-electron chi connectivity index (χ4n) is 4.05. The van der Waals surface area contributed by atoms with Gasteiger partial charge >= 0.3 is 12.2 Å². The van der Waals surface area contributed by atoms with Gasteiger partial charge in [0.1, 0.15) is 17.2 Å². The highest BCUT2D eigenvalue weighted by molar-refractivity contribution is 5.27. The zero-order valence-corrected chi connectivity index (χ0v) is 17.2. The zero-order valence-electron chi connectivity index (χ0n) is 17.2. The molecule has 1 aromatic carbocycles. The summed E-state index contributed by atoms with van der Waals surface area (Å²) in [5.74, 6) is -3.94. The maximum absolute atomic E-state index is 14.5. The van der Waals surface area contributed by atoms with Crippen molar-refractivity contribution < 1.29 is 40.6 Å². The van der Waals surface area contributed by atoms with Gasteiger partial charge in [0.05, 0.1) is 18.6 Å². The van der Waals surface area contributed by atoms with Crippen molar-refractivity contribution in [2.45, 2.75) is 70.1 Å². The number of allylic oxidation sites excluding steroid dienone is 1. The van der Waals surface area contributed by atoms with E-state index >= 15 is 0 Å². The molecule has 1 aliphatic heterocycles. The highest BCUT2D eigenvalue weighted by atomic mass is 19.3. The van der Waals surface area contributed by atoms with Gasteiger partial charge in [0.2, 0.25) is 0 Å². The summed E-state index contributed by atoms with van der Waals surface area (Å²) in [7, 11) is 0. The molecular formula is C22H26F6O3. The van der Waals surface area contributed by atoms with E-state index in [0.29, 0.717) is 18.8 Å². The third-order valence-corrected chi connectivity index (χ3v) is 5.84. The molecule has 2 fully saturated rings. The van der Waals surface area contributed by atoms with Gasteiger partial charge in [0.25, 0.3) is 0 Å². The molecule has 1 aromatic rings. The Balaban J connectivity index is 1.55. The average Bonchev–Trinajstić information content (AvgIpc) is 2.67. The highest BCUT2D eigenvalue weighted by Crippen LogP contribution is 2.41. The van der Waals surface area contributed by atoms with Crippen LogP contribution in [0.25, 0.3) is 0 Å². The van der Waals surface area contributed by atoms with Crippen LogP contribution >= 0.6 is 0 Å². The van der Waals surface area contributed by atoms with Gasteiger partial charge in [-0.3, -0.25) is 4.74 Å². The number of aryl methyl sites for hydroxylation is 1. The van der Waals surface area contributed by atoms with Gasteiger partial charge in [-0.15, -0.1) is 6.58 Å². The summed E-state index contributed by atoms with van der Waals surface area (Å²) < 4.78 is 100. The molecule has 0 spiro atoms. The Kier molecular flexibility index (Phi) is 7.38. The third-order valence-electron chi connectivity index (χ3n) is 5.84. The number of halogens is 6. The topological polar surface area (TPSA) is 27.7 Å². The van der Waals surface area contributed by atoms with Gasteiger partial charge in [0, 0.05) is 0 Å². The first-order valence-electron chi connectivity index (χ1n) is 10.3. The van der Waals surface area contributed by atoms with E-state index in [1.165, 1.54) is 6.92 Å². The summed E-state index contributed by atoms with van der Waals surface area (Å²) in [5, 5.41) is 0. The van der Waals surface area contributed by atoms with Gasteiger partial charge in [-0.05, 0) is 69.1 Å². The Labute approximate surface area is 177 Å². The molecule has 1 heterocycles. The van der Waals surface area contributed by atoms with Crippen molar-refractivity contribution in [1.29, 1.82) is 0 Å². The molecular weight excluding hydrogens is 426 g/mol. The van der Waals surface area contributed by atoms with Crippen LogP contribution in [0.15, 0.2) is 24.8 Å². The van der Waals surface area contributed by atoms with Crippen molar-refractivity contribution in [2.24, 2.45) is 11.8 Å². The second-order valence-electron chi connectivity index (χ2n) is 8.23. The van der Waals surface area contributed by atoms with Crippen LogP contribution in [0.2, 0.25) is 0 Å². The van der Waals surface area contributed by atoms with E-state index in [2.05, 4.69) is 11.3 Å². The van der Waals surface area contributed by atoms with Crippen LogP contribution in [0, 0.1) is 30.4 Å².